The molecule has 0 bridgehead atoms. The van der Waals surface area contributed by atoms with E-state index in [0.717, 1.165) is 7.11 Å². The maximum absolute atomic E-state index is 14.0. The van der Waals surface area contributed by atoms with Gasteiger partial charge in [0.15, 0.2) is 11.6 Å². The van der Waals surface area contributed by atoms with Crippen LogP contribution in [0.25, 0.3) is 0 Å². The molecule has 0 spiro atoms. The molecule has 8 unspecified atom stereocenters. The Labute approximate surface area is 211 Å². The van der Waals surface area contributed by atoms with Gasteiger partial charge in [-0.3, -0.25) is 19.2 Å². The summed E-state index contributed by atoms with van der Waals surface area (Å²) in [5.74, 6) is -4.34. The van der Waals surface area contributed by atoms with Crippen molar-refractivity contribution < 1.29 is 38.2 Å². The molecule has 0 N–H and O–H groups in total. The van der Waals surface area contributed by atoms with E-state index in [2.05, 4.69) is 13.5 Å². The van der Waals surface area contributed by atoms with Crippen molar-refractivity contribution in [3.8, 4) is 0 Å². The first-order valence-electron chi connectivity index (χ1n) is 12.4. The molecular formula is C28H36O8. The van der Waals surface area contributed by atoms with Crippen molar-refractivity contribution in [1.82, 2.24) is 0 Å². The van der Waals surface area contributed by atoms with Crippen LogP contribution in [0.5, 0.6) is 0 Å². The minimum atomic E-state index is -2.11. The van der Waals surface area contributed by atoms with Crippen LogP contribution < -0.4 is 0 Å². The summed E-state index contributed by atoms with van der Waals surface area (Å²) in [6, 6.07) is 0. The smallest absolute Gasteiger partial charge is 0.358 e. The fourth-order valence-corrected chi connectivity index (χ4v) is 8.20. The minimum Gasteiger partial charge on any atom is -0.466 e. The van der Waals surface area contributed by atoms with Gasteiger partial charge in [-0.2, -0.15) is 0 Å². The molecular weight excluding hydrogens is 464 g/mol. The van der Waals surface area contributed by atoms with E-state index in [1.54, 1.807) is 13.0 Å². The summed E-state index contributed by atoms with van der Waals surface area (Å²) < 4.78 is 16.3. The molecule has 1 heterocycles. The number of allylic oxidation sites excluding steroid dienone is 3. The molecule has 0 amide bonds. The molecule has 0 aromatic carbocycles. The average molecular weight is 501 g/mol. The molecule has 1 aliphatic heterocycles. The van der Waals surface area contributed by atoms with E-state index >= 15 is 0 Å². The van der Waals surface area contributed by atoms with E-state index in [-0.39, 0.29) is 17.6 Å². The zero-order valence-corrected chi connectivity index (χ0v) is 22.4. The number of carbonyl (C=O) groups excluding carboxylic acids is 5. The van der Waals surface area contributed by atoms with Gasteiger partial charge in [0, 0.05) is 17.8 Å². The highest BCUT2D eigenvalue weighted by molar-refractivity contribution is 6.15. The van der Waals surface area contributed by atoms with Crippen molar-refractivity contribution in [2.24, 2.45) is 39.4 Å². The Morgan fingerprint density at radius 2 is 1.67 bits per heavy atom. The van der Waals surface area contributed by atoms with Gasteiger partial charge in [0.2, 0.25) is 0 Å². The Hall–Kier alpha value is -2.77. The van der Waals surface area contributed by atoms with Crippen molar-refractivity contribution in [1.29, 1.82) is 0 Å². The van der Waals surface area contributed by atoms with Crippen molar-refractivity contribution in [2.45, 2.75) is 73.0 Å². The van der Waals surface area contributed by atoms with E-state index in [1.165, 1.54) is 13.8 Å². The number of cyclic esters (lactones) is 1. The van der Waals surface area contributed by atoms with Gasteiger partial charge in [-0.05, 0) is 50.0 Å². The van der Waals surface area contributed by atoms with Gasteiger partial charge in [0.25, 0.3) is 5.60 Å². The summed E-state index contributed by atoms with van der Waals surface area (Å²) in [6.07, 6.45) is 3.44. The van der Waals surface area contributed by atoms with Crippen LogP contribution in [0.2, 0.25) is 0 Å². The molecule has 8 atom stereocenters. The number of hydrogen-bond donors (Lipinski definition) is 0. The lowest BCUT2D eigenvalue weighted by molar-refractivity contribution is -0.240. The predicted molar refractivity (Wildman–Crippen MR) is 128 cm³/mol. The molecule has 0 radical (unpaired) electrons. The molecule has 2 saturated carbocycles. The molecule has 36 heavy (non-hydrogen) atoms. The zero-order valence-electron chi connectivity index (χ0n) is 22.4. The van der Waals surface area contributed by atoms with Crippen molar-refractivity contribution >= 4 is 29.5 Å². The molecule has 3 fully saturated rings. The van der Waals surface area contributed by atoms with Gasteiger partial charge in [-0.1, -0.05) is 45.9 Å². The Morgan fingerprint density at radius 1 is 1.06 bits per heavy atom. The van der Waals surface area contributed by atoms with E-state index in [9.17, 15) is 24.0 Å². The highest BCUT2D eigenvalue weighted by Gasteiger charge is 2.76. The van der Waals surface area contributed by atoms with Crippen molar-refractivity contribution in [3.63, 3.8) is 0 Å². The summed E-state index contributed by atoms with van der Waals surface area (Å²) in [5, 5.41) is 0. The first kappa shape index (κ1) is 26.3. The minimum absolute atomic E-state index is 0.00396. The second-order valence-electron chi connectivity index (χ2n) is 12.3. The fraction of sp³-hybridized carbons (Fsp3) is 0.679. The van der Waals surface area contributed by atoms with Crippen LogP contribution in [0.3, 0.4) is 0 Å². The number of hydrogen-bond acceptors (Lipinski definition) is 8. The molecule has 0 aromatic rings. The van der Waals surface area contributed by atoms with Gasteiger partial charge in [-0.25, -0.2) is 4.79 Å². The third-order valence-electron chi connectivity index (χ3n) is 10.2. The van der Waals surface area contributed by atoms with Crippen LogP contribution in [-0.4, -0.2) is 48.3 Å². The zero-order chi connectivity index (χ0) is 27.2. The molecule has 4 rings (SSSR count). The number of esters is 3. The van der Waals surface area contributed by atoms with Gasteiger partial charge in [0.1, 0.15) is 6.10 Å². The monoisotopic (exact) mass is 500 g/mol. The van der Waals surface area contributed by atoms with Gasteiger partial charge >= 0.3 is 17.9 Å². The molecule has 196 valence electrons. The van der Waals surface area contributed by atoms with Gasteiger partial charge < -0.3 is 14.2 Å². The van der Waals surface area contributed by atoms with E-state index in [1.807, 2.05) is 26.8 Å². The van der Waals surface area contributed by atoms with E-state index in [4.69, 9.17) is 14.2 Å². The van der Waals surface area contributed by atoms with E-state index < -0.39 is 63.0 Å². The highest BCUT2D eigenvalue weighted by Crippen LogP contribution is 2.71. The summed E-state index contributed by atoms with van der Waals surface area (Å²) in [7, 11) is 1.13. The van der Waals surface area contributed by atoms with E-state index in [0.29, 0.717) is 18.4 Å². The first-order valence-corrected chi connectivity index (χ1v) is 12.4. The molecule has 3 aliphatic carbocycles. The molecule has 8 nitrogen and oxygen atoms in total. The Balaban J connectivity index is 1.96. The van der Waals surface area contributed by atoms with Crippen LogP contribution in [0.1, 0.15) is 61.3 Å². The normalized spacial score (nSPS) is 45.1. The molecule has 4 aliphatic rings. The first-order chi connectivity index (χ1) is 16.4. The largest absolute Gasteiger partial charge is 0.466 e. The number of fused-ring (bicyclic) bond motifs is 5. The maximum Gasteiger partial charge on any atom is 0.358 e. The standard InChI is InChI=1S/C28H36O8/c1-14-12-17-25(5)11-10-18(30)24(3,4)16(25)13-19(35-15(2)29)27(17,7)20-21(31)36-28(8,23(33)34-9)22(32)26(14,20)6/h10-11,16-17,19-20H,1,12-13H2,2-9H3. The summed E-state index contributed by atoms with van der Waals surface area (Å²) in [4.78, 5) is 65.7. The lowest BCUT2D eigenvalue weighted by Gasteiger charge is -2.68. The Morgan fingerprint density at radius 3 is 2.22 bits per heavy atom. The summed E-state index contributed by atoms with van der Waals surface area (Å²) >= 11 is 0. The Kier molecular flexibility index (Phi) is 5.57. The highest BCUT2D eigenvalue weighted by atomic mass is 16.6. The summed E-state index contributed by atoms with van der Waals surface area (Å²) in [6.45, 7) is 16.2. The fourth-order valence-electron chi connectivity index (χ4n) is 8.20. The quantitative estimate of drug-likeness (QED) is 0.245. The topological polar surface area (TPSA) is 113 Å². The number of ether oxygens (including phenoxy) is 3. The van der Waals surface area contributed by atoms with Crippen LogP contribution >= 0.6 is 0 Å². The van der Waals surface area contributed by atoms with Crippen LogP contribution in [0, 0.1) is 39.4 Å². The Bertz CT molecular complexity index is 1130. The van der Waals surface area contributed by atoms with Gasteiger partial charge in [0.05, 0.1) is 18.4 Å². The number of ketones is 2. The second kappa shape index (κ2) is 7.62. The second-order valence-corrected chi connectivity index (χ2v) is 12.3. The number of methoxy groups -OCH3 is 1. The molecule has 1 saturated heterocycles. The average Bonchev–Trinajstić information content (AvgIpc) is 2.78. The van der Waals surface area contributed by atoms with Crippen LogP contribution in [-0.2, 0) is 38.2 Å². The molecule has 0 aromatic heterocycles. The SMILES string of the molecule is C=C1CC2C3(C)C=CC(=O)C(C)(C)C3CC(OC(C)=O)C2(C)C2C(=O)OC(C)(C(=O)OC)C(=O)C12C. The third kappa shape index (κ3) is 2.96. The summed E-state index contributed by atoms with van der Waals surface area (Å²) in [5.41, 5.74) is -5.37. The van der Waals surface area contributed by atoms with Crippen molar-refractivity contribution in [2.75, 3.05) is 7.11 Å². The maximum atomic E-state index is 14.0. The number of rotatable bonds is 2. The predicted octanol–water partition coefficient (Wildman–Crippen LogP) is 3.37. The van der Waals surface area contributed by atoms with Crippen LogP contribution in [0.4, 0.5) is 0 Å². The molecule has 8 heteroatoms. The van der Waals surface area contributed by atoms with Crippen molar-refractivity contribution in [3.05, 3.63) is 24.3 Å². The lowest BCUT2D eigenvalue weighted by atomic mass is 9.35. The number of Topliss-reactive ketones (excluding diaryl/α,β-unsaturated/α-hetero) is 1. The number of carbonyl (C=O) groups is 5. The van der Waals surface area contributed by atoms with Gasteiger partial charge in [-0.15, -0.1) is 0 Å². The third-order valence-corrected chi connectivity index (χ3v) is 10.2. The lowest BCUT2D eigenvalue weighted by Crippen LogP contribution is -2.73. The van der Waals surface area contributed by atoms with Crippen LogP contribution in [0.15, 0.2) is 24.3 Å².